The number of ether oxygens (including phenoxy) is 2. The summed E-state index contributed by atoms with van der Waals surface area (Å²) in [4.78, 5) is 40.2. The summed E-state index contributed by atoms with van der Waals surface area (Å²) in [5.41, 5.74) is -0.525. The van der Waals surface area contributed by atoms with E-state index in [4.69, 9.17) is 4.74 Å². The topological polar surface area (TPSA) is 76.2 Å². The van der Waals surface area contributed by atoms with E-state index in [1.807, 2.05) is 20.8 Å². The predicted octanol–water partition coefficient (Wildman–Crippen LogP) is 0.334. The zero-order chi connectivity index (χ0) is 17.2. The fraction of sp³-hybridized carbons (Fsp3) is 0.800. The highest BCUT2D eigenvalue weighted by Gasteiger charge is 2.42. The van der Waals surface area contributed by atoms with Crippen molar-refractivity contribution in [2.75, 3.05) is 38.4 Å². The van der Waals surface area contributed by atoms with Crippen LogP contribution in [0.1, 0.15) is 20.8 Å². The van der Waals surface area contributed by atoms with Gasteiger partial charge in [-0.3, -0.25) is 9.59 Å². The van der Waals surface area contributed by atoms with Gasteiger partial charge in [-0.2, -0.15) is 0 Å². The molecule has 0 aromatic carbocycles. The molecule has 8 heteroatoms. The number of nitrogens with zero attached hydrogens (tertiary/aromatic N) is 2. The molecule has 2 amide bonds. The highest BCUT2D eigenvalue weighted by molar-refractivity contribution is 7.99. The lowest BCUT2D eigenvalue weighted by molar-refractivity contribution is -0.164. The Hall–Kier alpha value is -1.28. The quantitative estimate of drug-likeness (QED) is 0.672. The van der Waals surface area contributed by atoms with Gasteiger partial charge in [-0.05, 0) is 0 Å². The Kier molecular flexibility index (Phi) is 5.57. The molecule has 0 aromatic heterocycles. The number of carbonyl (C=O) groups is 3. The fourth-order valence-corrected chi connectivity index (χ4v) is 3.76. The molecule has 0 aliphatic carbocycles. The Bertz CT molecular complexity index is 491. The lowest BCUT2D eigenvalue weighted by Crippen LogP contribution is -2.56. The molecule has 0 unspecified atom stereocenters. The number of hydrogen-bond donors (Lipinski definition) is 0. The minimum absolute atomic E-state index is 0.0290. The first-order valence-corrected chi connectivity index (χ1v) is 8.78. The molecule has 130 valence electrons. The first-order valence-electron chi connectivity index (χ1n) is 7.62. The van der Waals surface area contributed by atoms with E-state index in [-0.39, 0.29) is 18.4 Å². The van der Waals surface area contributed by atoms with Gasteiger partial charge in [0.05, 0.1) is 26.1 Å². The molecule has 2 rings (SSSR count). The van der Waals surface area contributed by atoms with E-state index in [0.717, 1.165) is 0 Å². The maximum Gasteiger partial charge on any atom is 0.336 e. The average molecular weight is 344 g/mol. The van der Waals surface area contributed by atoms with Crippen molar-refractivity contribution in [1.82, 2.24) is 9.80 Å². The number of thioether (sulfide) groups is 1. The van der Waals surface area contributed by atoms with E-state index < -0.39 is 23.5 Å². The first kappa shape index (κ1) is 18.1. The number of amides is 2. The van der Waals surface area contributed by atoms with Gasteiger partial charge >= 0.3 is 5.97 Å². The van der Waals surface area contributed by atoms with E-state index in [9.17, 15) is 14.4 Å². The molecule has 0 N–H and O–H groups in total. The van der Waals surface area contributed by atoms with Crippen LogP contribution < -0.4 is 0 Å². The van der Waals surface area contributed by atoms with Crippen LogP contribution >= 0.6 is 11.8 Å². The summed E-state index contributed by atoms with van der Waals surface area (Å²) in [5.74, 6) is 0.479. The van der Waals surface area contributed by atoms with Crippen molar-refractivity contribution >= 4 is 29.5 Å². The number of carbonyl (C=O) groups excluding carboxylic acids is 3. The standard InChI is InChI=1S/C15H24N2O5S/c1-15(2,3)14(20)17-9-23-8-10(17)12(18)16-5-6-22-11(7-16)13(19)21-4/h10-11H,5-9H2,1-4H3/t10-,11+/m1/s1. The molecular formula is C15H24N2O5S. The molecule has 0 saturated carbocycles. The van der Waals surface area contributed by atoms with Crippen molar-refractivity contribution in [2.24, 2.45) is 5.41 Å². The Morgan fingerprint density at radius 2 is 1.96 bits per heavy atom. The smallest absolute Gasteiger partial charge is 0.336 e. The van der Waals surface area contributed by atoms with Crippen LogP contribution in [0.15, 0.2) is 0 Å². The van der Waals surface area contributed by atoms with Crippen LogP contribution in [0.25, 0.3) is 0 Å². The third-order valence-corrected chi connectivity index (χ3v) is 4.92. The molecule has 2 aliphatic rings. The normalized spacial score (nSPS) is 25.4. The predicted molar refractivity (Wildman–Crippen MR) is 85.8 cm³/mol. The van der Waals surface area contributed by atoms with Crippen LogP contribution in [0.4, 0.5) is 0 Å². The number of esters is 1. The zero-order valence-corrected chi connectivity index (χ0v) is 14.9. The summed E-state index contributed by atoms with van der Waals surface area (Å²) in [6.45, 7) is 6.43. The van der Waals surface area contributed by atoms with Crippen molar-refractivity contribution in [1.29, 1.82) is 0 Å². The van der Waals surface area contributed by atoms with Crippen LogP contribution in [0.3, 0.4) is 0 Å². The molecule has 0 aromatic rings. The fourth-order valence-electron chi connectivity index (χ4n) is 2.61. The maximum atomic E-state index is 12.8. The third-order valence-electron chi connectivity index (χ3n) is 3.91. The van der Waals surface area contributed by atoms with E-state index in [1.54, 1.807) is 21.6 Å². The number of hydrogen-bond acceptors (Lipinski definition) is 6. The Labute approximate surface area is 140 Å². The maximum absolute atomic E-state index is 12.8. The molecular weight excluding hydrogens is 320 g/mol. The van der Waals surface area contributed by atoms with Gasteiger partial charge in [0.15, 0.2) is 6.10 Å². The third kappa shape index (κ3) is 3.98. The van der Waals surface area contributed by atoms with Gasteiger partial charge in [0.25, 0.3) is 0 Å². The van der Waals surface area contributed by atoms with Gasteiger partial charge in [-0.1, -0.05) is 20.8 Å². The van der Waals surface area contributed by atoms with Gasteiger partial charge < -0.3 is 19.3 Å². The van der Waals surface area contributed by atoms with Gasteiger partial charge in [0, 0.05) is 17.7 Å². The summed E-state index contributed by atoms with van der Waals surface area (Å²) >= 11 is 1.57. The van der Waals surface area contributed by atoms with Crippen molar-refractivity contribution in [2.45, 2.75) is 32.9 Å². The highest BCUT2D eigenvalue weighted by Crippen LogP contribution is 2.28. The van der Waals surface area contributed by atoms with Gasteiger partial charge in [-0.25, -0.2) is 4.79 Å². The van der Waals surface area contributed by atoms with E-state index in [1.165, 1.54) is 7.11 Å². The molecule has 0 bridgehead atoms. The van der Waals surface area contributed by atoms with Gasteiger partial charge in [0.1, 0.15) is 6.04 Å². The monoisotopic (exact) mass is 344 g/mol. The van der Waals surface area contributed by atoms with E-state index >= 15 is 0 Å². The van der Waals surface area contributed by atoms with Crippen LogP contribution in [0, 0.1) is 5.41 Å². The second kappa shape index (κ2) is 7.09. The summed E-state index contributed by atoms with van der Waals surface area (Å²) in [5, 5.41) is 0. The molecule has 2 heterocycles. The summed E-state index contributed by atoms with van der Waals surface area (Å²) in [6, 6.07) is -0.469. The Morgan fingerprint density at radius 3 is 2.57 bits per heavy atom. The largest absolute Gasteiger partial charge is 0.467 e. The lowest BCUT2D eigenvalue weighted by atomic mass is 9.94. The van der Waals surface area contributed by atoms with Crippen LogP contribution in [0.2, 0.25) is 0 Å². The van der Waals surface area contributed by atoms with Crippen molar-refractivity contribution in [3.05, 3.63) is 0 Å². The minimum atomic E-state index is -0.751. The molecule has 2 atom stereocenters. The van der Waals surface area contributed by atoms with Crippen LogP contribution in [0.5, 0.6) is 0 Å². The van der Waals surface area contributed by atoms with Gasteiger partial charge in [-0.15, -0.1) is 11.8 Å². The minimum Gasteiger partial charge on any atom is -0.467 e. The van der Waals surface area contributed by atoms with Crippen molar-refractivity contribution < 1.29 is 23.9 Å². The molecule has 0 spiro atoms. The second-order valence-corrected chi connectivity index (χ2v) is 7.71. The molecule has 7 nitrogen and oxygen atoms in total. The van der Waals surface area contributed by atoms with Crippen LogP contribution in [-0.2, 0) is 23.9 Å². The summed E-state index contributed by atoms with van der Waals surface area (Å²) in [6.07, 6.45) is -0.751. The summed E-state index contributed by atoms with van der Waals surface area (Å²) in [7, 11) is 1.30. The van der Waals surface area contributed by atoms with Crippen molar-refractivity contribution in [3.8, 4) is 0 Å². The molecule has 2 aliphatic heterocycles. The lowest BCUT2D eigenvalue weighted by Gasteiger charge is -2.36. The van der Waals surface area contributed by atoms with E-state index in [2.05, 4.69) is 4.74 Å². The van der Waals surface area contributed by atoms with Gasteiger partial charge in [0.2, 0.25) is 11.8 Å². The molecule has 2 fully saturated rings. The first-order chi connectivity index (χ1) is 10.8. The number of rotatable bonds is 2. The molecule has 23 heavy (non-hydrogen) atoms. The molecule has 0 radical (unpaired) electrons. The number of morpholine rings is 1. The van der Waals surface area contributed by atoms with Crippen LogP contribution in [-0.4, -0.2) is 78.2 Å². The zero-order valence-electron chi connectivity index (χ0n) is 14.0. The Morgan fingerprint density at radius 1 is 1.26 bits per heavy atom. The molecule has 2 saturated heterocycles. The summed E-state index contributed by atoms with van der Waals surface area (Å²) < 4.78 is 10.0. The van der Waals surface area contributed by atoms with E-state index in [0.29, 0.717) is 24.8 Å². The highest BCUT2D eigenvalue weighted by atomic mass is 32.2. The number of methoxy groups -OCH3 is 1. The second-order valence-electron chi connectivity index (χ2n) is 6.71. The Balaban J connectivity index is 2.06. The SMILES string of the molecule is COC(=O)[C@@H]1CN(C(=O)[C@H]2CSCN2C(=O)C(C)(C)C)CCO1. The van der Waals surface area contributed by atoms with Crippen molar-refractivity contribution in [3.63, 3.8) is 0 Å². The average Bonchev–Trinajstić information content (AvgIpc) is 3.01.